The second-order valence-electron chi connectivity index (χ2n) is 5.74. The van der Waals surface area contributed by atoms with E-state index in [1.807, 2.05) is 18.2 Å². The molecule has 1 amide bonds. The van der Waals surface area contributed by atoms with Crippen molar-refractivity contribution in [3.05, 3.63) is 22.7 Å². The molecule has 1 aromatic rings. The number of carbonyl (C=O) groups is 1. The highest BCUT2D eigenvalue weighted by atomic mass is 79.9. The second kappa shape index (κ2) is 11.2. The number of ether oxygens (including phenoxy) is 2. The molecule has 2 aliphatic rings. The van der Waals surface area contributed by atoms with Crippen LogP contribution in [-0.4, -0.2) is 58.0 Å². The quantitative estimate of drug-likeness (QED) is 0.728. The predicted octanol–water partition coefficient (Wildman–Crippen LogP) is 2.45. The molecule has 0 aliphatic carbocycles. The molecule has 3 rings (SSSR count). The summed E-state index contributed by atoms with van der Waals surface area (Å²) in [6.45, 7) is 5.20. The van der Waals surface area contributed by atoms with Crippen molar-refractivity contribution in [1.82, 2.24) is 5.32 Å². The van der Waals surface area contributed by atoms with E-state index in [1.54, 1.807) is 0 Å². The Morgan fingerprint density at radius 1 is 1.24 bits per heavy atom. The minimum atomic E-state index is 0. The maximum absolute atomic E-state index is 12.4. The van der Waals surface area contributed by atoms with Crippen molar-refractivity contribution in [3.8, 4) is 0 Å². The van der Waals surface area contributed by atoms with Crippen molar-refractivity contribution in [2.24, 2.45) is 0 Å². The summed E-state index contributed by atoms with van der Waals surface area (Å²) in [6.07, 6.45) is 0.412. The van der Waals surface area contributed by atoms with Gasteiger partial charge in [-0.1, -0.05) is 15.9 Å². The lowest BCUT2D eigenvalue weighted by Crippen LogP contribution is -2.43. The summed E-state index contributed by atoms with van der Waals surface area (Å²) in [7, 11) is 0. The molecule has 2 heterocycles. The van der Waals surface area contributed by atoms with Crippen molar-refractivity contribution in [1.29, 1.82) is 0 Å². The molecule has 6 nitrogen and oxygen atoms in total. The summed E-state index contributed by atoms with van der Waals surface area (Å²) in [6, 6.07) is 6.07. The number of hydrogen-bond donors (Lipinski definition) is 2. The van der Waals surface area contributed by atoms with Gasteiger partial charge in [0.1, 0.15) is 0 Å². The first kappa shape index (κ1) is 22.5. The van der Waals surface area contributed by atoms with E-state index in [0.29, 0.717) is 32.8 Å². The maximum atomic E-state index is 12.4. The van der Waals surface area contributed by atoms with Crippen LogP contribution in [0, 0.1) is 0 Å². The zero-order valence-corrected chi connectivity index (χ0v) is 17.1. The number of morpholine rings is 2. The van der Waals surface area contributed by atoms with Crippen molar-refractivity contribution in [2.45, 2.75) is 12.5 Å². The lowest BCUT2D eigenvalue weighted by atomic mass is 10.1. The summed E-state index contributed by atoms with van der Waals surface area (Å²) in [5.74, 6) is 0.000564. The first-order valence-corrected chi connectivity index (χ1v) is 8.75. The van der Waals surface area contributed by atoms with Crippen LogP contribution in [0.5, 0.6) is 0 Å². The lowest BCUT2D eigenvalue weighted by Gasteiger charge is -2.31. The van der Waals surface area contributed by atoms with Gasteiger partial charge in [-0.25, -0.2) is 0 Å². The van der Waals surface area contributed by atoms with Crippen molar-refractivity contribution < 1.29 is 14.3 Å². The van der Waals surface area contributed by atoms with Gasteiger partial charge in [0.25, 0.3) is 0 Å². The van der Waals surface area contributed by atoms with E-state index in [-0.39, 0.29) is 36.8 Å². The number of carbonyl (C=O) groups excluding carboxylic acids is 1. The molecular weight excluding hydrogens is 433 g/mol. The van der Waals surface area contributed by atoms with Crippen LogP contribution >= 0.6 is 40.7 Å². The fourth-order valence-corrected chi connectivity index (χ4v) is 3.23. The van der Waals surface area contributed by atoms with Crippen LogP contribution in [-0.2, 0) is 14.3 Å². The summed E-state index contributed by atoms with van der Waals surface area (Å²) in [4.78, 5) is 14.6. The van der Waals surface area contributed by atoms with Crippen molar-refractivity contribution in [3.63, 3.8) is 0 Å². The minimum Gasteiger partial charge on any atom is -0.378 e. The van der Waals surface area contributed by atoms with Gasteiger partial charge in [0.15, 0.2) is 0 Å². The summed E-state index contributed by atoms with van der Waals surface area (Å²) in [5.41, 5.74) is 1.88. The normalized spacial score (nSPS) is 20.2. The highest BCUT2D eigenvalue weighted by Gasteiger charge is 2.20. The first-order valence-electron chi connectivity index (χ1n) is 7.95. The zero-order valence-electron chi connectivity index (χ0n) is 13.8. The number of nitrogens with one attached hydrogen (secondary N) is 2. The first-order chi connectivity index (χ1) is 11.2. The fraction of sp³-hybridized carbons (Fsp3) is 0.562. The number of nitrogens with zero attached hydrogens (tertiary/aromatic N) is 1. The topological polar surface area (TPSA) is 62.8 Å². The summed E-state index contributed by atoms with van der Waals surface area (Å²) in [5, 5.41) is 6.35. The molecule has 142 valence electrons. The number of benzene rings is 1. The molecule has 2 aliphatic heterocycles. The smallest absolute Gasteiger partial charge is 0.226 e. The summed E-state index contributed by atoms with van der Waals surface area (Å²) >= 11 is 3.48. The van der Waals surface area contributed by atoms with Gasteiger partial charge in [-0.2, -0.15) is 0 Å². The van der Waals surface area contributed by atoms with E-state index < -0.39 is 0 Å². The van der Waals surface area contributed by atoms with Crippen molar-refractivity contribution in [2.75, 3.05) is 56.3 Å². The molecule has 0 bridgehead atoms. The molecule has 25 heavy (non-hydrogen) atoms. The summed E-state index contributed by atoms with van der Waals surface area (Å²) < 4.78 is 11.8. The van der Waals surface area contributed by atoms with Crippen LogP contribution in [0.1, 0.15) is 6.42 Å². The standard InChI is InChI=1S/C16H22BrN3O3.2ClH/c17-12-1-2-15(20-4-7-22-8-5-20)14(9-12)19-16(21)10-13-11-23-6-3-18-13;;/h1-2,9,13,18H,3-8,10-11H2,(H,19,21);2*1H. The highest BCUT2D eigenvalue weighted by Crippen LogP contribution is 2.30. The van der Waals surface area contributed by atoms with Gasteiger partial charge >= 0.3 is 0 Å². The van der Waals surface area contributed by atoms with E-state index in [4.69, 9.17) is 9.47 Å². The Hall–Kier alpha value is -0.570. The molecule has 9 heteroatoms. The Morgan fingerprint density at radius 3 is 2.68 bits per heavy atom. The number of amides is 1. The van der Waals surface area contributed by atoms with Gasteiger partial charge in [-0.3, -0.25) is 4.79 Å². The Labute approximate surface area is 168 Å². The number of halogens is 3. The van der Waals surface area contributed by atoms with E-state index in [9.17, 15) is 4.79 Å². The predicted molar refractivity (Wildman–Crippen MR) is 108 cm³/mol. The average Bonchev–Trinajstić information content (AvgIpc) is 2.56. The average molecular weight is 457 g/mol. The van der Waals surface area contributed by atoms with Gasteiger partial charge < -0.3 is 25.0 Å². The monoisotopic (exact) mass is 455 g/mol. The van der Waals surface area contributed by atoms with Gasteiger partial charge in [0.05, 0.1) is 37.8 Å². The molecule has 0 spiro atoms. The molecule has 2 N–H and O–H groups in total. The molecule has 1 unspecified atom stereocenters. The molecule has 2 fully saturated rings. The Balaban J connectivity index is 0.00000156. The lowest BCUT2D eigenvalue weighted by molar-refractivity contribution is -0.117. The molecule has 1 atom stereocenters. The number of hydrogen-bond acceptors (Lipinski definition) is 5. The van der Waals surface area contributed by atoms with Crippen LogP contribution in [0.25, 0.3) is 0 Å². The van der Waals surface area contributed by atoms with Gasteiger partial charge in [0, 0.05) is 36.6 Å². The second-order valence-corrected chi connectivity index (χ2v) is 6.65. The van der Waals surface area contributed by atoms with Crippen LogP contribution in [0.2, 0.25) is 0 Å². The molecule has 0 aromatic heterocycles. The Bertz CT molecular complexity index is 553. The molecule has 1 aromatic carbocycles. The van der Waals surface area contributed by atoms with Crippen LogP contribution in [0.15, 0.2) is 22.7 Å². The fourth-order valence-electron chi connectivity index (χ4n) is 2.86. The molecule has 2 saturated heterocycles. The van der Waals surface area contributed by atoms with E-state index in [2.05, 4.69) is 31.5 Å². The maximum Gasteiger partial charge on any atom is 0.226 e. The third-order valence-electron chi connectivity index (χ3n) is 4.01. The highest BCUT2D eigenvalue weighted by molar-refractivity contribution is 9.10. The molecule has 0 radical (unpaired) electrons. The van der Waals surface area contributed by atoms with E-state index >= 15 is 0 Å². The Morgan fingerprint density at radius 2 is 2.00 bits per heavy atom. The van der Waals surface area contributed by atoms with Crippen LogP contribution < -0.4 is 15.5 Å². The zero-order chi connectivity index (χ0) is 16.1. The molecule has 0 saturated carbocycles. The SMILES string of the molecule is Cl.Cl.O=C(CC1COCCN1)Nc1cc(Br)ccc1N1CCOCC1. The Kier molecular flexibility index (Phi) is 10.1. The third kappa shape index (κ3) is 6.58. The van der Waals surface area contributed by atoms with Gasteiger partial charge in [0.2, 0.25) is 5.91 Å². The molecular formula is C16H24BrCl2N3O3. The van der Waals surface area contributed by atoms with Crippen molar-refractivity contribution >= 4 is 58.0 Å². The van der Waals surface area contributed by atoms with E-state index in [1.165, 1.54) is 0 Å². The number of rotatable bonds is 4. The van der Waals surface area contributed by atoms with E-state index in [0.717, 1.165) is 35.5 Å². The third-order valence-corrected chi connectivity index (χ3v) is 4.51. The van der Waals surface area contributed by atoms with Crippen LogP contribution in [0.4, 0.5) is 11.4 Å². The minimum absolute atomic E-state index is 0. The van der Waals surface area contributed by atoms with Crippen LogP contribution in [0.3, 0.4) is 0 Å². The van der Waals surface area contributed by atoms with Gasteiger partial charge in [-0.15, -0.1) is 24.8 Å². The van der Waals surface area contributed by atoms with Gasteiger partial charge in [-0.05, 0) is 18.2 Å². The number of anilines is 2. The largest absolute Gasteiger partial charge is 0.378 e.